The van der Waals surface area contributed by atoms with Gasteiger partial charge in [-0.2, -0.15) is 0 Å². The molecular formula is C17H13F2NO3. The van der Waals surface area contributed by atoms with Crippen LogP contribution < -0.4 is 4.74 Å². The molecule has 3 rings (SSSR count). The van der Waals surface area contributed by atoms with Gasteiger partial charge in [-0.05, 0) is 29.8 Å². The molecule has 23 heavy (non-hydrogen) atoms. The van der Waals surface area contributed by atoms with Gasteiger partial charge in [-0.25, -0.2) is 13.6 Å². The summed E-state index contributed by atoms with van der Waals surface area (Å²) in [5.41, 5.74) is 1.32. The molecule has 2 aromatic carbocycles. The monoisotopic (exact) mass is 317 g/mol. The zero-order valence-corrected chi connectivity index (χ0v) is 12.2. The molecule has 0 aliphatic carbocycles. The Morgan fingerprint density at radius 3 is 2.61 bits per heavy atom. The maximum atomic E-state index is 13.3. The van der Waals surface area contributed by atoms with E-state index in [1.807, 2.05) is 0 Å². The van der Waals surface area contributed by atoms with Crippen LogP contribution in [0.1, 0.15) is 15.9 Å². The Kier molecular flexibility index (Phi) is 3.73. The largest absolute Gasteiger partial charge is 0.497 e. The molecule has 0 radical (unpaired) electrons. The van der Waals surface area contributed by atoms with Gasteiger partial charge in [-0.15, -0.1) is 0 Å². The van der Waals surface area contributed by atoms with E-state index in [9.17, 15) is 18.7 Å². The van der Waals surface area contributed by atoms with Crippen molar-refractivity contribution >= 4 is 16.9 Å². The maximum Gasteiger partial charge on any atom is 0.337 e. The normalized spacial score (nSPS) is 10.9. The SMILES string of the molecule is COc1ccc2c(C(=O)O)cn(Cc3ccc(F)c(F)c3)c2c1. The van der Waals surface area contributed by atoms with E-state index in [0.717, 1.165) is 12.1 Å². The number of carbonyl (C=O) groups is 1. The number of carboxylic acid groups (broad SMARTS) is 1. The highest BCUT2D eigenvalue weighted by Gasteiger charge is 2.15. The highest BCUT2D eigenvalue weighted by molar-refractivity contribution is 6.03. The van der Waals surface area contributed by atoms with Crippen LogP contribution >= 0.6 is 0 Å². The molecule has 0 spiro atoms. The van der Waals surface area contributed by atoms with Gasteiger partial charge in [-0.3, -0.25) is 0 Å². The Hall–Kier alpha value is -2.89. The average molecular weight is 317 g/mol. The van der Waals surface area contributed by atoms with Gasteiger partial charge >= 0.3 is 5.97 Å². The molecule has 0 aliphatic heterocycles. The Morgan fingerprint density at radius 2 is 1.96 bits per heavy atom. The zero-order valence-electron chi connectivity index (χ0n) is 12.2. The van der Waals surface area contributed by atoms with Crippen molar-refractivity contribution < 1.29 is 23.4 Å². The highest BCUT2D eigenvalue weighted by atomic mass is 19.2. The molecule has 0 bridgehead atoms. The summed E-state index contributed by atoms with van der Waals surface area (Å²) in [5, 5.41) is 9.87. The molecule has 3 aromatic rings. The molecule has 1 N–H and O–H groups in total. The van der Waals surface area contributed by atoms with E-state index in [4.69, 9.17) is 4.74 Å². The maximum absolute atomic E-state index is 13.3. The van der Waals surface area contributed by atoms with Gasteiger partial charge in [0.25, 0.3) is 0 Å². The number of nitrogens with zero attached hydrogens (tertiary/aromatic N) is 1. The first-order valence-corrected chi connectivity index (χ1v) is 6.83. The van der Waals surface area contributed by atoms with E-state index in [1.54, 1.807) is 22.8 Å². The number of halogens is 2. The second kappa shape index (κ2) is 5.72. The fourth-order valence-electron chi connectivity index (χ4n) is 2.53. The molecule has 0 fully saturated rings. The van der Waals surface area contributed by atoms with Gasteiger partial charge in [0.2, 0.25) is 0 Å². The molecule has 0 amide bonds. The van der Waals surface area contributed by atoms with Crippen molar-refractivity contribution in [1.29, 1.82) is 0 Å². The molecule has 118 valence electrons. The summed E-state index contributed by atoms with van der Waals surface area (Å²) in [6.45, 7) is 0.216. The summed E-state index contributed by atoms with van der Waals surface area (Å²) in [5.74, 6) is -2.32. The zero-order chi connectivity index (χ0) is 16.6. The molecule has 1 aromatic heterocycles. The molecule has 6 heteroatoms. The first-order chi connectivity index (χ1) is 11.0. The second-order valence-electron chi connectivity index (χ2n) is 5.11. The Balaban J connectivity index is 2.11. The van der Waals surface area contributed by atoms with E-state index >= 15 is 0 Å². The summed E-state index contributed by atoms with van der Waals surface area (Å²) in [4.78, 5) is 11.4. The molecule has 0 aliphatic rings. The van der Waals surface area contributed by atoms with Crippen molar-refractivity contribution in [1.82, 2.24) is 4.57 Å². The predicted molar refractivity (Wildman–Crippen MR) is 80.9 cm³/mol. The molecule has 1 heterocycles. The van der Waals surface area contributed by atoms with Crippen molar-refractivity contribution in [3.63, 3.8) is 0 Å². The molecule has 0 unspecified atom stereocenters. The standard InChI is InChI=1S/C17H13F2NO3/c1-23-11-3-4-12-13(17(21)22)9-20(16(12)7-11)8-10-2-5-14(18)15(19)6-10/h2-7,9H,8H2,1H3,(H,21,22). The Bertz CT molecular complexity index is 902. The van der Waals surface area contributed by atoms with Crippen molar-refractivity contribution in [2.75, 3.05) is 7.11 Å². The second-order valence-corrected chi connectivity index (χ2v) is 5.11. The van der Waals surface area contributed by atoms with E-state index < -0.39 is 17.6 Å². The lowest BCUT2D eigenvalue weighted by Gasteiger charge is -2.07. The van der Waals surface area contributed by atoms with Crippen LogP contribution in [0.15, 0.2) is 42.6 Å². The van der Waals surface area contributed by atoms with Gasteiger partial charge in [-0.1, -0.05) is 6.07 Å². The lowest BCUT2D eigenvalue weighted by atomic mass is 10.1. The summed E-state index contributed by atoms with van der Waals surface area (Å²) in [6.07, 6.45) is 1.48. The molecule has 0 saturated heterocycles. The number of benzene rings is 2. The summed E-state index contributed by atoms with van der Waals surface area (Å²) < 4.78 is 33.2. The molecule has 0 atom stereocenters. The molecule has 4 nitrogen and oxygen atoms in total. The molecule has 0 saturated carbocycles. The number of ether oxygens (including phenoxy) is 1. The Morgan fingerprint density at radius 1 is 1.17 bits per heavy atom. The van der Waals surface area contributed by atoms with Crippen molar-refractivity contribution in [3.05, 3.63) is 65.4 Å². The van der Waals surface area contributed by atoms with Gasteiger partial charge < -0.3 is 14.4 Å². The van der Waals surface area contributed by atoms with E-state index in [2.05, 4.69) is 0 Å². The number of rotatable bonds is 4. The van der Waals surface area contributed by atoms with Crippen molar-refractivity contribution in [2.45, 2.75) is 6.54 Å². The topological polar surface area (TPSA) is 51.5 Å². The minimum absolute atomic E-state index is 0.144. The lowest BCUT2D eigenvalue weighted by molar-refractivity contribution is 0.0699. The first kappa shape index (κ1) is 15.0. The third kappa shape index (κ3) is 2.75. The van der Waals surface area contributed by atoms with Crippen LogP contribution in [-0.2, 0) is 6.54 Å². The highest BCUT2D eigenvalue weighted by Crippen LogP contribution is 2.27. The van der Waals surface area contributed by atoms with Crippen LogP contribution in [0.25, 0.3) is 10.9 Å². The smallest absolute Gasteiger partial charge is 0.337 e. The molecular weight excluding hydrogens is 304 g/mol. The average Bonchev–Trinajstić information content (AvgIpc) is 2.89. The van der Waals surface area contributed by atoms with Gasteiger partial charge in [0.1, 0.15) is 5.75 Å². The fourth-order valence-corrected chi connectivity index (χ4v) is 2.53. The Labute approximate surface area is 130 Å². The van der Waals surface area contributed by atoms with Gasteiger partial charge in [0.05, 0.1) is 18.2 Å². The summed E-state index contributed by atoms with van der Waals surface area (Å²) in [7, 11) is 1.52. The first-order valence-electron chi connectivity index (χ1n) is 6.83. The van der Waals surface area contributed by atoms with E-state index in [-0.39, 0.29) is 12.1 Å². The summed E-state index contributed by atoms with van der Waals surface area (Å²) >= 11 is 0. The predicted octanol–water partition coefficient (Wildman–Crippen LogP) is 3.67. The van der Waals surface area contributed by atoms with Crippen LogP contribution in [0.3, 0.4) is 0 Å². The number of aromatic carboxylic acids is 1. The number of carboxylic acids is 1. The number of fused-ring (bicyclic) bond motifs is 1. The number of hydrogen-bond donors (Lipinski definition) is 1. The third-order valence-corrected chi connectivity index (χ3v) is 3.66. The number of hydrogen-bond acceptors (Lipinski definition) is 2. The van der Waals surface area contributed by atoms with Crippen molar-refractivity contribution in [2.24, 2.45) is 0 Å². The van der Waals surface area contributed by atoms with Crippen molar-refractivity contribution in [3.8, 4) is 5.75 Å². The van der Waals surface area contributed by atoms with Gasteiger partial charge in [0, 0.05) is 24.2 Å². The minimum Gasteiger partial charge on any atom is -0.497 e. The quantitative estimate of drug-likeness (QED) is 0.798. The van der Waals surface area contributed by atoms with Crippen LogP contribution in [0.2, 0.25) is 0 Å². The number of methoxy groups -OCH3 is 1. The summed E-state index contributed by atoms with van der Waals surface area (Å²) in [6, 6.07) is 8.67. The van der Waals surface area contributed by atoms with Gasteiger partial charge in [0.15, 0.2) is 11.6 Å². The minimum atomic E-state index is -1.05. The van der Waals surface area contributed by atoms with Crippen LogP contribution in [0.5, 0.6) is 5.75 Å². The van der Waals surface area contributed by atoms with Crippen LogP contribution in [0, 0.1) is 11.6 Å². The lowest BCUT2D eigenvalue weighted by Crippen LogP contribution is -2.00. The van der Waals surface area contributed by atoms with E-state index in [1.165, 1.54) is 19.4 Å². The fraction of sp³-hybridized carbons (Fsp3) is 0.118. The van der Waals surface area contributed by atoms with E-state index in [0.29, 0.717) is 22.2 Å². The third-order valence-electron chi connectivity index (χ3n) is 3.66. The van der Waals surface area contributed by atoms with Crippen LogP contribution in [-0.4, -0.2) is 22.8 Å². The number of aromatic nitrogens is 1. The van der Waals surface area contributed by atoms with Crippen LogP contribution in [0.4, 0.5) is 8.78 Å².